The highest BCUT2D eigenvalue weighted by atomic mass is 32.2. The number of ether oxygens (including phenoxy) is 1. The van der Waals surface area contributed by atoms with Gasteiger partial charge in [-0.05, 0) is 24.8 Å². The van der Waals surface area contributed by atoms with Gasteiger partial charge in [-0.2, -0.15) is 0 Å². The number of carbonyl (C=O) groups is 1. The quantitative estimate of drug-likeness (QED) is 0.828. The molecule has 2 rings (SSSR count). The van der Waals surface area contributed by atoms with Crippen LogP contribution in [0.15, 0.2) is 17.2 Å². The number of H-pyrrole nitrogens is 1. The van der Waals surface area contributed by atoms with E-state index in [4.69, 9.17) is 0 Å². The van der Waals surface area contributed by atoms with E-state index < -0.39 is 16.0 Å². The summed E-state index contributed by atoms with van der Waals surface area (Å²) < 4.78 is 31.8. The number of methoxy groups -OCH3 is 1. The zero-order valence-corrected chi connectivity index (χ0v) is 12.5. The average Bonchev–Trinajstić information content (AvgIpc) is 2.91. The Kier molecular flexibility index (Phi) is 4.49. The van der Waals surface area contributed by atoms with Crippen molar-refractivity contribution >= 4 is 16.0 Å². The standard InChI is InChI=1S/C13H20N2O4S/c1-9-5-3-4-6-11(9)15-20(17,18)10-7-12(14-8-10)13(16)19-2/h7-9,11,14-15H,3-6H2,1-2H3. The molecule has 1 aliphatic rings. The fraction of sp³-hybridized carbons (Fsp3) is 0.615. The third-order valence-corrected chi connectivity index (χ3v) is 5.26. The summed E-state index contributed by atoms with van der Waals surface area (Å²) in [5.74, 6) is -0.255. The van der Waals surface area contributed by atoms with Crippen LogP contribution in [0.4, 0.5) is 0 Å². The van der Waals surface area contributed by atoms with Gasteiger partial charge in [0.2, 0.25) is 10.0 Å². The van der Waals surface area contributed by atoms with Gasteiger partial charge in [0.05, 0.1) is 7.11 Å². The van der Waals surface area contributed by atoms with Crippen molar-refractivity contribution in [2.45, 2.75) is 43.5 Å². The van der Waals surface area contributed by atoms with E-state index in [0.29, 0.717) is 5.92 Å². The molecule has 1 heterocycles. The fourth-order valence-corrected chi connectivity index (χ4v) is 3.89. The molecule has 6 nitrogen and oxygen atoms in total. The molecule has 1 saturated carbocycles. The van der Waals surface area contributed by atoms with Gasteiger partial charge in [-0.1, -0.05) is 19.8 Å². The van der Waals surface area contributed by atoms with Crippen LogP contribution < -0.4 is 4.72 Å². The van der Waals surface area contributed by atoms with Gasteiger partial charge >= 0.3 is 5.97 Å². The van der Waals surface area contributed by atoms with Crippen LogP contribution in [0.1, 0.15) is 43.1 Å². The summed E-state index contributed by atoms with van der Waals surface area (Å²) in [5.41, 5.74) is 0.129. The number of nitrogens with one attached hydrogen (secondary N) is 2. The molecule has 0 saturated heterocycles. The molecule has 2 unspecified atom stereocenters. The molecule has 2 N–H and O–H groups in total. The molecule has 1 aliphatic carbocycles. The van der Waals surface area contributed by atoms with Gasteiger partial charge in [-0.3, -0.25) is 0 Å². The summed E-state index contributed by atoms with van der Waals surface area (Å²) >= 11 is 0. The molecule has 0 radical (unpaired) electrons. The molecule has 112 valence electrons. The summed E-state index contributed by atoms with van der Waals surface area (Å²) in [5, 5.41) is 0. The molecule has 0 amide bonds. The zero-order chi connectivity index (χ0) is 14.8. The molecule has 0 bridgehead atoms. The van der Waals surface area contributed by atoms with E-state index in [1.54, 1.807) is 0 Å². The molecule has 1 fully saturated rings. The molecular formula is C13H20N2O4S. The lowest BCUT2D eigenvalue weighted by Crippen LogP contribution is -2.40. The Balaban J connectivity index is 2.13. The third kappa shape index (κ3) is 3.21. The van der Waals surface area contributed by atoms with E-state index in [2.05, 4.69) is 21.4 Å². The first-order valence-corrected chi connectivity index (χ1v) is 8.21. The lowest BCUT2D eigenvalue weighted by atomic mass is 9.87. The van der Waals surface area contributed by atoms with Crippen LogP contribution in [0.3, 0.4) is 0 Å². The molecule has 2 atom stereocenters. The van der Waals surface area contributed by atoms with Crippen LogP contribution in [-0.4, -0.2) is 32.5 Å². The number of esters is 1. The van der Waals surface area contributed by atoms with Gasteiger partial charge in [0.15, 0.2) is 0 Å². The maximum Gasteiger partial charge on any atom is 0.354 e. The molecule has 0 spiro atoms. The maximum atomic E-state index is 12.3. The highest BCUT2D eigenvalue weighted by Gasteiger charge is 2.27. The van der Waals surface area contributed by atoms with Gasteiger partial charge in [0.25, 0.3) is 0 Å². The van der Waals surface area contributed by atoms with Gasteiger partial charge in [-0.25, -0.2) is 17.9 Å². The minimum Gasteiger partial charge on any atom is -0.464 e. The molecule has 7 heteroatoms. The first-order valence-electron chi connectivity index (χ1n) is 6.73. The van der Waals surface area contributed by atoms with Gasteiger partial charge in [0.1, 0.15) is 10.6 Å². The van der Waals surface area contributed by atoms with Crippen molar-refractivity contribution in [1.29, 1.82) is 0 Å². The number of hydrogen-bond acceptors (Lipinski definition) is 4. The van der Waals surface area contributed by atoms with E-state index in [0.717, 1.165) is 25.7 Å². The van der Waals surface area contributed by atoms with Gasteiger partial charge in [-0.15, -0.1) is 0 Å². The summed E-state index contributed by atoms with van der Waals surface area (Å²) in [7, 11) is -2.35. The molecule has 20 heavy (non-hydrogen) atoms. The maximum absolute atomic E-state index is 12.3. The van der Waals surface area contributed by atoms with Crippen LogP contribution in [0, 0.1) is 5.92 Å². The number of sulfonamides is 1. The van der Waals surface area contributed by atoms with E-state index in [9.17, 15) is 13.2 Å². The molecular weight excluding hydrogens is 280 g/mol. The normalized spacial score (nSPS) is 23.5. The van der Waals surface area contributed by atoms with Crippen molar-refractivity contribution in [2.75, 3.05) is 7.11 Å². The SMILES string of the molecule is COC(=O)c1cc(S(=O)(=O)NC2CCCCC2C)c[nH]1. The van der Waals surface area contributed by atoms with Crippen molar-refractivity contribution in [3.8, 4) is 0 Å². The second-order valence-corrected chi connectivity index (χ2v) is 6.94. The van der Waals surface area contributed by atoms with Crippen LogP contribution in [0.5, 0.6) is 0 Å². The first-order chi connectivity index (χ1) is 9.44. The largest absolute Gasteiger partial charge is 0.464 e. The van der Waals surface area contributed by atoms with Crippen LogP contribution in [-0.2, 0) is 14.8 Å². The number of hydrogen-bond donors (Lipinski definition) is 2. The Morgan fingerprint density at radius 2 is 2.10 bits per heavy atom. The highest BCUT2D eigenvalue weighted by Crippen LogP contribution is 2.25. The van der Waals surface area contributed by atoms with Crippen LogP contribution in [0.2, 0.25) is 0 Å². The topological polar surface area (TPSA) is 88.3 Å². The second kappa shape index (κ2) is 5.97. The molecule has 0 aromatic carbocycles. The van der Waals surface area contributed by atoms with Gasteiger partial charge in [0, 0.05) is 12.2 Å². The zero-order valence-electron chi connectivity index (χ0n) is 11.7. The van der Waals surface area contributed by atoms with Crippen molar-refractivity contribution in [3.05, 3.63) is 18.0 Å². The minimum atomic E-state index is -3.60. The summed E-state index contributed by atoms with van der Waals surface area (Å²) in [6.45, 7) is 2.06. The highest BCUT2D eigenvalue weighted by molar-refractivity contribution is 7.89. The van der Waals surface area contributed by atoms with Crippen LogP contribution in [0.25, 0.3) is 0 Å². The summed E-state index contributed by atoms with van der Waals surface area (Å²) in [6.07, 6.45) is 5.39. The number of rotatable bonds is 4. The van der Waals surface area contributed by atoms with Crippen molar-refractivity contribution in [3.63, 3.8) is 0 Å². The van der Waals surface area contributed by atoms with Crippen molar-refractivity contribution < 1.29 is 17.9 Å². The lowest BCUT2D eigenvalue weighted by molar-refractivity contribution is 0.0595. The summed E-state index contributed by atoms with van der Waals surface area (Å²) in [6, 6.07) is 1.26. The van der Waals surface area contributed by atoms with E-state index >= 15 is 0 Å². The summed E-state index contributed by atoms with van der Waals surface area (Å²) in [4.78, 5) is 14.0. The van der Waals surface area contributed by atoms with Gasteiger partial charge < -0.3 is 9.72 Å². The molecule has 0 aliphatic heterocycles. The van der Waals surface area contributed by atoms with Crippen LogP contribution >= 0.6 is 0 Å². The third-order valence-electron chi connectivity index (χ3n) is 3.79. The van der Waals surface area contributed by atoms with E-state index in [-0.39, 0.29) is 16.6 Å². The Morgan fingerprint density at radius 1 is 1.40 bits per heavy atom. The average molecular weight is 300 g/mol. The minimum absolute atomic E-state index is 0.0368. The van der Waals surface area contributed by atoms with E-state index in [1.165, 1.54) is 19.4 Å². The van der Waals surface area contributed by atoms with Crippen molar-refractivity contribution in [2.24, 2.45) is 5.92 Å². The van der Waals surface area contributed by atoms with Crippen molar-refractivity contribution in [1.82, 2.24) is 9.71 Å². The predicted octanol–water partition coefficient (Wildman–Crippen LogP) is 1.66. The first kappa shape index (κ1) is 15.1. The predicted molar refractivity (Wildman–Crippen MR) is 73.9 cm³/mol. The Hall–Kier alpha value is -1.34. The molecule has 1 aromatic rings. The smallest absolute Gasteiger partial charge is 0.354 e. The van der Waals surface area contributed by atoms with E-state index in [1.807, 2.05) is 0 Å². The Morgan fingerprint density at radius 3 is 2.75 bits per heavy atom. The number of aromatic nitrogens is 1. The monoisotopic (exact) mass is 300 g/mol. The Bertz CT molecular complexity index is 579. The number of carbonyl (C=O) groups excluding carboxylic acids is 1. The number of aromatic amines is 1. The molecule has 1 aromatic heterocycles. The Labute approximate surface area is 119 Å². The fourth-order valence-electron chi connectivity index (χ4n) is 2.52. The lowest BCUT2D eigenvalue weighted by Gasteiger charge is -2.29. The second-order valence-electron chi connectivity index (χ2n) is 5.23.